The van der Waals surface area contributed by atoms with Gasteiger partial charge in [-0.1, -0.05) is 143 Å². The van der Waals surface area contributed by atoms with Crippen molar-refractivity contribution in [2.75, 3.05) is 26.4 Å². The van der Waals surface area contributed by atoms with Gasteiger partial charge in [-0.2, -0.15) is 0 Å². The zero-order chi connectivity index (χ0) is 56.9. The van der Waals surface area contributed by atoms with Gasteiger partial charge in [0.2, 0.25) is 5.91 Å². The Morgan fingerprint density at radius 3 is 1.44 bits per heavy atom. The Morgan fingerprint density at radius 1 is 0.474 bits per heavy atom. The molecule has 3 fully saturated rings. The monoisotopic (exact) mass is 1110 g/mol. The van der Waals surface area contributed by atoms with Crippen LogP contribution in [0, 0.1) is 0 Å². The molecular formula is C59H97NO18. The number of nitrogens with one attached hydrogen (secondary N) is 1. The van der Waals surface area contributed by atoms with Gasteiger partial charge in [-0.15, -0.1) is 0 Å². The molecule has 0 saturated carbocycles. The summed E-state index contributed by atoms with van der Waals surface area (Å²) >= 11 is 0. The summed E-state index contributed by atoms with van der Waals surface area (Å²) in [6.07, 6.45) is 24.0. The Kier molecular flexibility index (Phi) is 36.8. The number of carbonyl (C=O) groups is 1. The lowest BCUT2D eigenvalue weighted by molar-refractivity contribution is -0.379. The van der Waals surface area contributed by atoms with Gasteiger partial charge < -0.3 is 89.9 Å². The van der Waals surface area contributed by atoms with E-state index in [0.29, 0.717) is 12.8 Å². The van der Waals surface area contributed by atoms with Crippen molar-refractivity contribution in [1.82, 2.24) is 5.32 Å². The normalized spacial score (nSPS) is 31.2. The molecule has 446 valence electrons. The highest BCUT2D eigenvalue weighted by Gasteiger charge is 2.53. The molecule has 3 aliphatic rings. The lowest BCUT2D eigenvalue weighted by Crippen LogP contribution is -2.66. The Hall–Kier alpha value is -3.29. The molecule has 78 heavy (non-hydrogen) atoms. The minimum Gasteiger partial charge on any atom is -0.394 e. The number of unbranched alkanes of at least 4 members (excludes halogenated alkanes) is 9. The first-order chi connectivity index (χ1) is 37.8. The molecule has 0 aliphatic carbocycles. The first-order valence-corrected chi connectivity index (χ1v) is 28.5. The molecule has 3 aliphatic heterocycles. The van der Waals surface area contributed by atoms with Crippen LogP contribution in [-0.4, -0.2) is 193 Å². The summed E-state index contributed by atoms with van der Waals surface area (Å²) in [5.41, 5.74) is 0. The van der Waals surface area contributed by atoms with Gasteiger partial charge in [-0.3, -0.25) is 4.79 Å². The summed E-state index contributed by atoms with van der Waals surface area (Å²) in [6.45, 7) is 1.47. The van der Waals surface area contributed by atoms with Crippen molar-refractivity contribution in [2.45, 2.75) is 240 Å². The minimum atomic E-state index is -1.99. The molecule has 0 aromatic heterocycles. The van der Waals surface area contributed by atoms with E-state index in [1.54, 1.807) is 6.08 Å². The van der Waals surface area contributed by atoms with Gasteiger partial charge in [0.05, 0.1) is 38.6 Å². The Bertz CT molecular complexity index is 1800. The number of carbonyl (C=O) groups excluding carboxylic acids is 1. The van der Waals surface area contributed by atoms with Crippen LogP contribution in [0.5, 0.6) is 0 Å². The van der Waals surface area contributed by atoms with Crippen LogP contribution in [-0.2, 0) is 33.2 Å². The van der Waals surface area contributed by atoms with Crippen LogP contribution in [0.4, 0.5) is 0 Å². The van der Waals surface area contributed by atoms with E-state index in [-0.39, 0.29) is 18.9 Å². The average Bonchev–Trinajstić information content (AvgIpc) is 3.46. The van der Waals surface area contributed by atoms with E-state index in [4.69, 9.17) is 28.4 Å². The summed E-state index contributed by atoms with van der Waals surface area (Å²) in [7, 11) is 0. The second-order valence-electron chi connectivity index (χ2n) is 20.0. The van der Waals surface area contributed by atoms with E-state index in [2.05, 4.69) is 104 Å². The number of ether oxygens (including phenoxy) is 6. The van der Waals surface area contributed by atoms with E-state index in [9.17, 15) is 61.0 Å². The third-order valence-electron chi connectivity index (χ3n) is 13.6. The van der Waals surface area contributed by atoms with E-state index >= 15 is 0 Å². The number of amides is 1. The maximum atomic E-state index is 13.3. The molecule has 3 saturated heterocycles. The van der Waals surface area contributed by atoms with E-state index in [1.165, 1.54) is 12.8 Å². The number of allylic oxidation sites excluding steroid dienone is 15. The fourth-order valence-corrected chi connectivity index (χ4v) is 8.88. The van der Waals surface area contributed by atoms with Crippen molar-refractivity contribution in [3.8, 4) is 0 Å². The molecular weight excluding hydrogens is 1010 g/mol. The Balaban J connectivity index is 1.52. The summed E-state index contributed by atoms with van der Waals surface area (Å²) in [4.78, 5) is 13.3. The third kappa shape index (κ3) is 25.7. The standard InChI is InChI=1S/C59H97NO18/c1-3-5-7-9-11-13-15-17-18-19-20-21-22-23-24-25-27-29-31-33-35-37-47(65)60-42(43(64)36-34-32-30-28-26-16-14-12-10-8-6-4-2)41-73-57-53(71)50(68)55(45(39-62)75-57)78-59-54(72)51(69)56(46(40-63)76-59)77-58-52(70)49(67)48(66)44(38-61)74-58/h5,7,10-13,17-18,20-21,23-24,26,28,34,36,42-46,48-59,61-64,66-72H,3-4,6,8-9,14-16,19,22,25,27,29-33,35,37-41H2,1-2H3,(H,60,65)/b7-5-,12-10+,13-11-,18-17-,21-20-,24-23-,28-26+,36-34+. The highest BCUT2D eigenvalue weighted by atomic mass is 16.8. The Morgan fingerprint density at radius 2 is 0.897 bits per heavy atom. The van der Waals surface area contributed by atoms with Crippen LogP contribution in [0.25, 0.3) is 0 Å². The highest BCUT2D eigenvalue weighted by molar-refractivity contribution is 5.76. The average molecular weight is 1110 g/mol. The van der Waals surface area contributed by atoms with Crippen LogP contribution in [0.15, 0.2) is 97.2 Å². The molecule has 0 aromatic rings. The number of aliphatic hydroxyl groups is 11. The van der Waals surface area contributed by atoms with Crippen LogP contribution in [0.1, 0.15) is 136 Å². The van der Waals surface area contributed by atoms with Crippen LogP contribution in [0.3, 0.4) is 0 Å². The maximum Gasteiger partial charge on any atom is 0.220 e. The fourth-order valence-electron chi connectivity index (χ4n) is 8.88. The Labute approximate surface area is 463 Å². The van der Waals surface area contributed by atoms with Crippen molar-refractivity contribution in [3.63, 3.8) is 0 Å². The topological polar surface area (TPSA) is 307 Å². The number of hydrogen-bond acceptors (Lipinski definition) is 18. The zero-order valence-corrected chi connectivity index (χ0v) is 46.1. The van der Waals surface area contributed by atoms with Crippen molar-refractivity contribution in [1.29, 1.82) is 0 Å². The van der Waals surface area contributed by atoms with Crippen molar-refractivity contribution < 1.29 is 89.4 Å². The molecule has 0 aromatic carbocycles. The number of hydrogen-bond donors (Lipinski definition) is 12. The van der Waals surface area contributed by atoms with Crippen LogP contribution >= 0.6 is 0 Å². The van der Waals surface area contributed by atoms with Crippen LogP contribution in [0.2, 0.25) is 0 Å². The van der Waals surface area contributed by atoms with E-state index < -0.39 is 124 Å². The fraction of sp³-hybridized carbons (Fsp3) is 0.712. The van der Waals surface area contributed by atoms with Gasteiger partial charge in [-0.25, -0.2) is 0 Å². The molecule has 0 bridgehead atoms. The molecule has 19 nitrogen and oxygen atoms in total. The lowest BCUT2D eigenvalue weighted by Gasteiger charge is -2.48. The zero-order valence-electron chi connectivity index (χ0n) is 46.1. The first-order valence-electron chi connectivity index (χ1n) is 28.5. The van der Waals surface area contributed by atoms with Crippen molar-refractivity contribution in [3.05, 3.63) is 97.2 Å². The van der Waals surface area contributed by atoms with Gasteiger partial charge in [0.25, 0.3) is 0 Å². The highest BCUT2D eigenvalue weighted by Crippen LogP contribution is 2.33. The molecule has 0 spiro atoms. The lowest BCUT2D eigenvalue weighted by atomic mass is 9.96. The predicted octanol–water partition coefficient (Wildman–Crippen LogP) is 4.20. The van der Waals surface area contributed by atoms with Crippen LogP contribution < -0.4 is 5.32 Å². The van der Waals surface area contributed by atoms with Crippen molar-refractivity contribution >= 4 is 5.91 Å². The molecule has 17 atom stereocenters. The van der Waals surface area contributed by atoms with E-state index in [1.807, 2.05) is 6.08 Å². The molecule has 3 heterocycles. The summed E-state index contributed by atoms with van der Waals surface area (Å²) in [5, 5.41) is 120. The van der Waals surface area contributed by atoms with Gasteiger partial charge >= 0.3 is 0 Å². The second-order valence-corrected chi connectivity index (χ2v) is 20.0. The van der Waals surface area contributed by atoms with E-state index in [0.717, 1.165) is 89.9 Å². The SMILES string of the molecule is CC/C=C\C/C=C\C/C=C\C/C=C\C/C=C\CCCCCCCC(=O)NC(COC1OC(CO)C(OC2OC(CO)C(OC3OC(CO)C(O)C(O)C3O)C(O)C2O)C(O)C1O)C(O)/C=C/CC/C=C/CC/C=C/CCCC. The first kappa shape index (κ1) is 69.0. The minimum absolute atomic E-state index is 0.203. The maximum absolute atomic E-state index is 13.3. The molecule has 17 unspecified atom stereocenters. The molecule has 1 amide bonds. The molecule has 19 heteroatoms. The van der Waals surface area contributed by atoms with Gasteiger partial charge in [0.15, 0.2) is 18.9 Å². The van der Waals surface area contributed by atoms with Gasteiger partial charge in [0, 0.05) is 6.42 Å². The van der Waals surface area contributed by atoms with Gasteiger partial charge in [0.1, 0.15) is 73.2 Å². The molecule has 3 rings (SSSR count). The third-order valence-corrected chi connectivity index (χ3v) is 13.6. The molecule has 12 N–H and O–H groups in total. The molecule has 0 radical (unpaired) electrons. The number of aliphatic hydroxyl groups excluding tert-OH is 11. The summed E-state index contributed by atoms with van der Waals surface area (Å²) in [6, 6.07) is -1.01. The largest absolute Gasteiger partial charge is 0.394 e. The second kappa shape index (κ2) is 41.7. The summed E-state index contributed by atoms with van der Waals surface area (Å²) in [5.74, 6) is -0.316. The van der Waals surface area contributed by atoms with Gasteiger partial charge in [-0.05, 0) is 83.5 Å². The quantitative estimate of drug-likeness (QED) is 0.0303. The predicted molar refractivity (Wildman–Crippen MR) is 295 cm³/mol. The summed E-state index contributed by atoms with van der Waals surface area (Å²) < 4.78 is 34.1. The number of rotatable bonds is 39. The smallest absolute Gasteiger partial charge is 0.220 e. The van der Waals surface area contributed by atoms with Crippen molar-refractivity contribution in [2.24, 2.45) is 0 Å².